The minimum Gasteiger partial charge on any atom is -0.381 e. The fourth-order valence-electron chi connectivity index (χ4n) is 2.02. The minimum atomic E-state index is -4.56. The fraction of sp³-hybridized carbons (Fsp3) is 0.176. The summed E-state index contributed by atoms with van der Waals surface area (Å²) in [5.74, 6) is -1.11. The molecule has 0 spiro atoms. The van der Waals surface area contributed by atoms with Gasteiger partial charge in [-0.1, -0.05) is 24.3 Å². The van der Waals surface area contributed by atoms with Crippen molar-refractivity contribution in [3.63, 3.8) is 0 Å². The minimum absolute atomic E-state index is 0.0662. The Balaban J connectivity index is 2.18. The van der Waals surface area contributed by atoms with Gasteiger partial charge in [-0.05, 0) is 41.5 Å². The Labute approximate surface area is 138 Å². The van der Waals surface area contributed by atoms with Crippen LogP contribution in [0.2, 0.25) is 0 Å². The number of rotatable bonds is 3. The molecule has 0 fully saturated rings. The Bertz CT molecular complexity index is 741. The highest BCUT2D eigenvalue weighted by Crippen LogP contribution is 2.32. The first kappa shape index (κ1) is 19.0. The molecule has 1 unspecified atom stereocenters. The standard InChI is InChI=1S/C17H11F7O/c18-14(9-10-1-5-12(6-2-10)16(19,20)21)15(25)11-3-7-13(8-4-11)17(22,23)24/h1-9,15,25H/b14-9-. The molecule has 8 heteroatoms. The first-order valence-electron chi connectivity index (χ1n) is 6.88. The summed E-state index contributed by atoms with van der Waals surface area (Å²) < 4.78 is 88.7. The van der Waals surface area contributed by atoms with Gasteiger partial charge in [-0.2, -0.15) is 26.3 Å². The van der Waals surface area contributed by atoms with Crippen molar-refractivity contribution in [3.05, 3.63) is 76.6 Å². The van der Waals surface area contributed by atoms with Gasteiger partial charge in [0.2, 0.25) is 0 Å². The zero-order valence-electron chi connectivity index (χ0n) is 12.4. The van der Waals surface area contributed by atoms with Crippen LogP contribution >= 0.6 is 0 Å². The summed E-state index contributed by atoms with van der Waals surface area (Å²) in [6.45, 7) is 0. The number of alkyl halides is 6. The maximum absolute atomic E-state index is 14.0. The molecule has 25 heavy (non-hydrogen) atoms. The number of aliphatic hydroxyl groups excluding tert-OH is 1. The Hall–Kier alpha value is -2.35. The Kier molecular flexibility index (Phi) is 5.22. The first-order chi connectivity index (χ1) is 11.5. The van der Waals surface area contributed by atoms with Crippen LogP contribution in [0.1, 0.15) is 28.4 Å². The van der Waals surface area contributed by atoms with Crippen molar-refractivity contribution in [1.82, 2.24) is 0 Å². The Morgan fingerprint density at radius 2 is 1.16 bits per heavy atom. The third-order valence-corrected chi connectivity index (χ3v) is 3.36. The zero-order valence-corrected chi connectivity index (χ0v) is 12.4. The smallest absolute Gasteiger partial charge is 0.381 e. The average Bonchev–Trinajstić information content (AvgIpc) is 2.53. The second-order valence-corrected chi connectivity index (χ2v) is 5.17. The molecule has 1 N–H and O–H groups in total. The summed E-state index contributed by atoms with van der Waals surface area (Å²) in [5.41, 5.74) is -1.91. The van der Waals surface area contributed by atoms with Crippen LogP contribution in [0.25, 0.3) is 6.08 Å². The lowest BCUT2D eigenvalue weighted by atomic mass is 10.0. The van der Waals surface area contributed by atoms with E-state index in [1.165, 1.54) is 0 Å². The molecule has 2 rings (SSSR count). The lowest BCUT2D eigenvalue weighted by Gasteiger charge is -2.11. The van der Waals surface area contributed by atoms with Gasteiger partial charge < -0.3 is 5.11 Å². The summed E-state index contributed by atoms with van der Waals surface area (Å²) in [7, 11) is 0. The van der Waals surface area contributed by atoms with E-state index >= 15 is 0 Å². The molecular weight excluding hydrogens is 353 g/mol. The molecule has 2 aromatic carbocycles. The molecular formula is C17H11F7O. The van der Waals surface area contributed by atoms with E-state index in [1.54, 1.807) is 0 Å². The molecule has 0 aliphatic carbocycles. The van der Waals surface area contributed by atoms with Crippen LogP contribution < -0.4 is 0 Å². The second-order valence-electron chi connectivity index (χ2n) is 5.17. The molecule has 0 heterocycles. The first-order valence-corrected chi connectivity index (χ1v) is 6.88. The molecule has 0 radical (unpaired) electrons. The van der Waals surface area contributed by atoms with E-state index in [9.17, 15) is 35.8 Å². The topological polar surface area (TPSA) is 20.2 Å². The van der Waals surface area contributed by atoms with Crippen LogP contribution in [0.5, 0.6) is 0 Å². The molecule has 0 aromatic heterocycles. The van der Waals surface area contributed by atoms with Crippen LogP contribution in [0.4, 0.5) is 30.7 Å². The zero-order chi connectivity index (χ0) is 18.8. The summed E-state index contributed by atoms with van der Waals surface area (Å²) >= 11 is 0. The van der Waals surface area contributed by atoms with Gasteiger partial charge >= 0.3 is 12.4 Å². The van der Waals surface area contributed by atoms with Crippen LogP contribution in [-0.2, 0) is 12.4 Å². The largest absolute Gasteiger partial charge is 0.416 e. The number of hydrogen-bond acceptors (Lipinski definition) is 1. The van der Waals surface area contributed by atoms with E-state index in [0.717, 1.165) is 42.5 Å². The molecule has 1 atom stereocenters. The Morgan fingerprint density at radius 3 is 1.56 bits per heavy atom. The van der Waals surface area contributed by atoms with Gasteiger partial charge in [0.15, 0.2) is 0 Å². The second kappa shape index (κ2) is 6.87. The normalized spacial score (nSPS) is 14.5. The quantitative estimate of drug-likeness (QED) is 0.686. The molecule has 0 bridgehead atoms. The van der Waals surface area contributed by atoms with E-state index in [0.29, 0.717) is 12.1 Å². The highest BCUT2D eigenvalue weighted by atomic mass is 19.4. The maximum Gasteiger partial charge on any atom is 0.416 e. The molecule has 0 amide bonds. The number of halogens is 7. The molecule has 2 aromatic rings. The van der Waals surface area contributed by atoms with Crippen molar-refractivity contribution in [2.24, 2.45) is 0 Å². The van der Waals surface area contributed by atoms with Crippen molar-refractivity contribution in [2.45, 2.75) is 18.5 Å². The third kappa shape index (κ3) is 4.82. The van der Waals surface area contributed by atoms with E-state index in [1.807, 2.05) is 0 Å². The molecule has 1 nitrogen and oxygen atoms in total. The van der Waals surface area contributed by atoms with E-state index < -0.39 is 35.4 Å². The maximum atomic E-state index is 14.0. The lowest BCUT2D eigenvalue weighted by molar-refractivity contribution is -0.138. The van der Waals surface area contributed by atoms with Crippen molar-refractivity contribution in [1.29, 1.82) is 0 Å². The van der Waals surface area contributed by atoms with E-state index in [4.69, 9.17) is 0 Å². The van der Waals surface area contributed by atoms with Crippen LogP contribution in [-0.4, -0.2) is 5.11 Å². The predicted octanol–water partition coefficient (Wildman–Crippen LogP) is 5.77. The summed E-state index contributed by atoms with van der Waals surface area (Å²) in [6, 6.07) is 6.78. The molecule has 134 valence electrons. The highest BCUT2D eigenvalue weighted by molar-refractivity contribution is 5.53. The monoisotopic (exact) mass is 364 g/mol. The van der Waals surface area contributed by atoms with Gasteiger partial charge in [-0.3, -0.25) is 0 Å². The van der Waals surface area contributed by atoms with Crippen LogP contribution in [0.3, 0.4) is 0 Å². The number of benzene rings is 2. The van der Waals surface area contributed by atoms with Crippen molar-refractivity contribution < 1.29 is 35.8 Å². The van der Waals surface area contributed by atoms with Gasteiger partial charge in [-0.15, -0.1) is 0 Å². The number of aliphatic hydroxyl groups is 1. The van der Waals surface area contributed by atoms with Crippen molar-refractivity contribution >= 4 is 6.08 Å². The fourth-order valence-corrected chi connectivity index (χ4v) is 2.02. The summed E-state index contributed by atoms with van der Waals surface area (Å²) in [4.78, 5) is 0. The Morgan fingerprint density at radius 1 is 0.760 bits per heavy atom. The van der Waals surface area contributed by atoms with Gasteiger partial charge in [-0.25, -0.2) is 4.39 Å². The molecule has 0 aliphatic heterocycles. The summed E-state index contributed by atoms with van der Waals surface area (Å²) in [5, 5.41) is 9.82. The van der Waals surface area contributed by atoms with E-state index in [2.05, 4.69) is 0 Å². The molecule has 0 saturated heterocycles. The van der Waals surface area contributed by atoms with E-state index in [-0.39, 0.29) is 11.1 Å². The molecule has 0 saturated carbocycles. The SMILES string of the molecule is OC(/C(F)=C/c1ccc(C(F)(F)F)cc1)c1ccc(C(F)(F)F)cc1. The van der Waals surface area contributed by atoms with Crippen LogP contribution in [0, 0.1) is 0 Å². The van der Waals surface area contributed by atoms with Gasteiger partial charge in [0.25, 0.3) is 0 Å². The van der Waals surface area contributed by atoms with Crippen molar-refractivity contribution in [2.75, 3.05) is 0 Å². The highest BCUT2D eigenvalue weighted by Gasteiger charge is 2.31. The average molecular weight is 364 g/mol. The molecule has 0 aliphatic rings. The lowest BCUT2D eigenvalue weighted by Crippen LogP contribution is -2.06. The van der Waals surface area contributed by atoms with Gasteiger partial charge in [0, 0.05) is 0 Å². The van der Waals surface area contributed by atoms with Gasteiger partial charge in [0.1, 0.15) is 11.9 Å². The predicted molar refractivity (Wildman–Crippen MR) is 76.9 cm³/mol. The summed E-state index contributed by atoms with van der Waals surface area (Å²) in [6.07, 6.45) is -10.1. The van der Waals surface area contributed by atoms with Crippen LogP contribution in [0.15, 0.2) is 54.4 Å². The number of hydrogen-bond donors (Lipinski definition) is 1. The third-order valence-electron chi connectivity index (χ3n) is 3.36. The van der Waals surface area contributed by atoms with Gasteiger partial charge in [0.05, 0.1) is 11.1 Å². The van der Waals surface area contributed by atoms with Crippen molar-refractivity contribution in [3.8, 4) is 0 Å².